The average molecular weight is 406 g/mol. The summed E-state index contributed by atoms with van der Waals surface area (Å²) in [7, 11) is 0. The van der Waals surface area contributed by atoms with Crippen molar-refractivity contribution in [3.63, 3.8) is 0 Å². The largest absolute Gasteiger partial charge is 0.331 e. The number of hydrogen-bond acceptors (Lipinski definition) is 1. The van der Waals surface area contributed by atoms with E-state index in [0.29, 0.717) is 6.04 Å². The number of fused-ring (bicyclic) bond motifs is 2. The minimum absolute atomic E-state index is 0.358. The summed E-state index contributed by atoms with van der Waals surface area (Å²) in [5, 5.41) is 0. The van der Waals surface area contributed by atoms with Crippen molar-refractivity contribution >= 4 is 45.8 Å². The molecule has 1 aliphatic carbocycles. The fraction of sp³-hybridized carbons (Fsp3) is 0.235. The fourth-order valence-corrected chi connectivity index (χ4v) is 4.24. The van der Waals surface area contributed by atoms with Crippen LogP contribution in [0.5, 0.6) is 0 Å². The molecule has 1 heterocycles. The molecule has 0 spiro atoms. The number of aromatic amines is 1. The number of imidazole rings is 1. The van der Waals surface area contributed by atoms with Gasteiger partial charge in [0, 0.05) is 3.57 Å². The first-order chi connectivity index (χ1) is 10.2. The molecule has 0 bridgehead atoms. The molecule has 21 heavy (non-hydrogen) atoms. The number of nitrogens with zero attached hydrogens (tertiary/aromatic N) is 1. The number of hydrogen-bond donors (Lipinski definition) is 1. The minimum atomic E-state index is 0.358. The second kappa shape index (κ2) is 5.25. The Kier molecular flexibility index (Phi) is 3.38. The Bertz CT molecular complexity index is 878. The third-order valence-corrected chi connectivity index (χ3v) is 5.30. The molecule has 4 rings (SSSR count). The van der Waals surface area contributed by atoms with Gasteiger partial charge in [0.15, 0.2) is 4.77 Å². The molecule has 4 heteroatoms. The van der Waals surface area contributed by atoms with Gasteiger partial charge in [-0.05, 0) is 83.4 Å². The van der Waals surface area contributed by atoms with Gasteiger partial charge in [0.05, 0.1) is 17.1 Å². The minimum Gasteiger partial charge on any atom is -0.331 e. The Labute approximate surface area is 142 Å². The zero-order valence-electron chi connectivity index (χ0n) is 11.5. The van der Waals surface area contributed by atoms with Crippen molar-refractivity contribution in [2.75, 3.05) is 0 Å². The fourth-order valence-electron chi connectivity index (χ4n) is 3.41. The van der Waals surface area contributed by atoms with Gasteiger partial charge in [0.25, 0.3) is 0 Å². The quantitative estimate of drug-likeness (QED) is 0.434. The molecular formula is C17H15IN2S. The van der Waals surface area contributed by atoms with E-state index in [1.54, 1.807) is 0 Å². The highest BCUT2D eigenvalue weighted by molar-refractivity contribution is 14.1. The Balaban J connectivity index is 1.96. The van der Waals surface area contributed by atoms with Crippen LogP contribution in [-0.2, 0) is 6.42 Å². The van der Waals surface area contributed by atoms with Crippen molar-refractivity contribution in [1.82, 2.24) is 9.55 Å². The molecule has 2 nitrogen and oxygen atoms in total. The maximum atomic E-state index is 5.61. The van der Waals surface area contributed by atoms with Crippen LogP contribution >= 0.6 is 34.8 Å². The van der Waals surface area contributed by atoms with Crippen molar-refractivity contribution in [1.29, 1.82) is 0 Å². The van der Waals surface area contributed by atoms with Crippen LogP contribution in [0.15, 0.2) is 42.5 Å². The summed E-state index contributed by atoms with van der Waals surface area (Å²) >= 11 is 7.95. The molecule has 0 fully saturated rings. The molecule has 1 aliphatic rings. The second-order valence-corrected chi connectivity index (χ2v) is 7.20. The number of halogens is 1. The van der Waals surface area contributed by atoms with Crippen LogP contribution in [0.25, 0.3) is 11.0 Å². The molecule has 1 unspecified atom stereocenters. The van der Waals surface area contributed by atoms with Crippen molar-refractivity contribution in [3.05, 3.63) is 61.9 Å². The lowest BCUT2D eigenvalue weighted by atomic mass is 9.87. The SMILES string of the molecule is S=c1[nH]c2cc(I)ccc2n1C1CCCc2ccccc21. The molecule has 2 aromatic carbocycles. The first-order valence-electron chi connectivity index (χ1n) is 7.21. The Hall–Kier alpha value is -1.14. The number of H-pyrrole nitrogens is 1. The standard InChI is InChI=1S/C17H15IN2S/c18-12-8-9-16-14(10-12)19-17(21)20(16)15-7-3-5-11-4-1-2-6-13(11)15/h1-2,4,6,8-10,15H,3,5,7H2,(H,19,21). The van der Waals surface area contributed by atoms with Gasteiger partial charge < -0.3 is 9.55 Å². The number of aryl methyl sites for hydroxylation is 1. The molecule has 106 valence electrons. The lowest BCUT2D eigenvalue weighted by Crippen LogP contribution is -2.17. The molecule has 1 N–H and O–H groups in total. The molecule has 0 radical (unpaired) electrons. The molecule has 0 saturated carbocycles. The predicted octanol–water partition coefficient (Wildman–Crippen LogP) is 5.23. The van der Waals surface area contributed by atoms with E-state index in [9.17, 15) is 0 Å². The van der Waals surface area contributed by atoms with Gasteiger partial charge in [0.1, 0.15) is 0 Å². The number of benzene rings is 2. The summed E-state index contributed by atoms with van der Waals surface area (Å²) in [4.78, 5) is 3.37. The van der Waals surface area contributed by atoms with Crippen molar-refractivity contribution in [3.8, 4) is 0 Å². The first kappa shape index (κ1) is 13.5. The maximum absolute atomic E-state index is 5.61. The first-order valence-corrected chi connectivity index (χ1v) is 8.70. The van der Waals surface area contributed by atoms with Gasteiger partial charge in [-0.1, -0.05) is 24.3 Å². The normalized spacial score (nSPS) is 17.9. The average Bonchev–Trinajstić information content (AvgIpc) is 2.81. The summed E-state index contributed by atoms with van der Waals surface area (Å²) in [6, 6.07) is 15.6. The van der Waals surface area contributed by atoms with E-state index in [4.69, 9.17) is 12.2 Å². The Morgan fingerprint density at radius 2 is 2.05 bits per heavy atom. The second-order valence-electron chi connectivity index (χ2n) is 5.57. The topological polar surface area (TPSA) is 20.7 Å². The van der Waals surface area contributed by atoms with Crippen LogP contribution in [0.1, 0.15) is 30.0 Å². The van der Waals surface area contributed by atoms with Gasteiger partial charge in [-0.3, -0.25) is 0 Å². The predicted molar refractivity (Wildman–Crippen MR) is 97.4 cm³/mol. The van der Waals surface area contributed by atoms with Crippen LogP contribution in [0.4, 0.5) is 0 Å². The Morgan fingerprint density at radius 3 is 2.95 bits per heavy atom. The third-order valence-electron chi connectivity index (χ3n) is 4.33. The highest BCUT2D eigenvalue weighted by atomic mass is 127. The van der Waals surface area contributed by atoms with E-state index in [1.165, 1.54) is 33.1 Å². The van der Waals surface area contributed by atoms with Crippen molar-refractivity contribution < 1.29 is 0 Å². The van der Waals surface area contributed by atoms with Crippen LogP contribution in [-0.4, -0.2) is 9.55 Å². The molecule has 3 aromatic rings. The van der Waals surface area contributed by atoms with Crippen LogP contribution in [0.3, 0.4) is 0 Å². The number of rotatable bonds is 1. The molecule has 0 amide bonds. The maximum Gasteiger partial charge on any atom is 0.178 e. The van der Waals surface area contributed by atoms with Crippen molar-refractivity contribution in [2.45, 2.75) is 25.3 Å². The summed E-state index contributed by atoms with van der Waals surface area (Å²) in [5.74, 6) is 0. The summed E-state index contributed by atoms with van der Waals surface area (Å²) in [5.41, 5.74) is 5.24. The molecular weight excluding hydrogens is 391 g/mol. The Morgan fingerprint density at radius 1 is 1.19 bits per heavy atom. The summed E-state index contributed by atoms with van der Waals surface area (Å²) in [6.07, 6.45) is 3.56. The van der Waals surface area contributed by atoms with E-state index in [-0.39, 0.29) is 0 Å². The van der Waals surface area contributed by atoms with Crippen LogP contribution < -0.4 is 0 Å². The van der Waals surface area contributed by atoms with Gasteiger partial charge in [0.2, 0.25) is 0 Å². The molecule has 0 aliphatic heterocycles. The monoisotopic (exact) mass is 406 g/mol. The number of nitrogens with one attached hydrogen (secondary N) is 1. The lowest BCUT2D eigenvalue weighted by Gasteiger charge is -2.27. The van der Waals surface area contributed by atoms with E-state index in [2.05, 4.69) is 74.6 Å². The summed E-state index contributed by atoms with van der Waals surface area (Å²) in [6.45, 7) is 0. The van der Waals surface area contributed by atoms with E-state index < -0.39 is 0 Å². The van der Waals surface area contributed by atoms with Gasteiger partial charge in [-0.2, -0.15) is 0 Å². The highest BCUT2D eigenvalue weighted by Gasteiger charge is 2.23. The van der Waals surface area contributed by atoms with Gasteiger partial charge >= 0.3 is 0 Å². The van der Waals surface area contributed by atoms with Gasteiger partial charge in [-0.25, -0.2) is 0 Å². The zero-order chi connectivity index (χ0) is 14.4. The summed E-state index contributed by atoms with van der Waals surface area (Å²) < 4.78 is 4.36. The molecule has 1 aromatic heterocycles. The van der Waals surface area contributed by atoms with Crippen LogP contribution in [0.2, 0.25) is 0 Å². The third kappa shape index (κ3) is 2.25. The zero-order valence-corrected chi connectivity index (χ0v) is 14.4. The molecule has 0 saturated heterocycles. The van der Waals surface area contributed by atoms with Crippen LogP contribution in [0, 0.1) is 8.34 Å². The molecule has 1 atom stereocenters. The smallest absolute Gasteiger partial charge is 0.178 e. The van der Waals surface area contributed by atoms with E-state index in [1.807, 2.05) is 0 Å². The lowest BCUT2D eigenvalue weighted by molar-refractivity contribution is 0.495. The van der Waals surface area contributed by atoms with E-state index >= 15 is 0 Å². The van der Waals surface area contributed by atoms with Crippen molar-refractivity contribution in [2.24, 2.45) is 0 Å². The highest BCUT2D eigenvalue weighted by Crippen LogP contribution is 2.35. The number of aromatic nitrogens is 2. The van der Waals surface area contributed by atoms with E-state index in [0.717, 1.165) is 16.7 Å². The van der Waals surface area contributed by atoms with Gasteiger partial charge in [-0.15, -0.1) is 0 Å².